The van der Waals surface area contributed by atoms with E-state index in [1.807, 2.05) is 47.4 Å². The number of thiophene rings is 1. The number of thioether (sulfide) groups is 1. The summed E-state index contributed by atoms with van der Waals surface area (Å²) in [6, 6.07) is 17.7. The molecule has 0 fully saturated rings. The smallest absolute Gasteiger partial charge is 0.233 e. The second kappa shape index (κ2) is 9.82. The van der Waals surface area contributed by atoms with Crippen LogP contribution in [0.5, 0.6) is 0 Å². The van der Waals surface area contributed by atoms with Crippen LogP contribution in [-0.2, 0) is 23.6 Å². The highest BCUT2D eigenvalue weighted by Crippen LogP contribution is 2.22. The van der Waals surface area contributed by atoms with E-state index in [9.17, 15) is 4.79 Å². The minimum absolute atomic E-state index is 0.0780. The zero-order valence-electron chi connectivity index (χ0n) is 16.6. The first-order chi connectivity index (χ1) is 14.7. The average molecular weight is 439 g/mol. The van der Waals surface area contributed by atoms with E-state index in [4.69, 9.17) is 8.83 Å². The van der Waals surface area contributed by atoms with E-state index in [-0.39, 0.29) is 5.91 Å². The predicted octanol–water partition coefficient (Wildman–Crippen LogP) is 5.77. The molecule has 0 atom stereocenters. The highest BCUT2D eigenvalue weighted by molar-refractivity contribution is 7.99. The fraction of sp³-hybridized carbons (Fsp3) is 0.217. The number of carbonyl (C=O) groups is 1. The summed E-state index contributed by atoms with van der Waals surface area (Å²) in [7, 11) is 0. The van der Waals surface area contributed by atoms with Crippen molar-refractivity contribution in [1.29, 1.82) is 0 Å². The summed E-state index contributed by atoms with van der Waals surface area (Å²) in [6.45, 7) is 3.12. The van der Waals surface area contributed by atoms with Crippen LogP contribution in [-0.4, -0.2) is 21.5 Å². The second-order valence-electron chi connectivity index (χ2n) is 6.84. The first-order valence-electron chi connectivity index (χ1n) is 9.60. The molecule has 0 aliphatic carbocycles. The number of aryl methyl sites for hydroxylation is 1. The molecule has 4 aromatic rings. The van der Waals surface area contributed by atoms with Crippen LogP contribution in [0.4, 0.5) is 0 Å². The Kier molecular flexibility index (Phi) is 6.71. The van der Waals surface area contributed by atoms with Crippen LogP contribution in [0.25, 0.3) is 11.5 Å². The minimum Gasteiger partial charge on any atom is -0.467 e. The molecule has 1 aromatic carbocycles. The maximum atomic E-state index is 12.9. The zero-order valence-corrected chi connectivity index (χ0v) is 18.2. The lowest BCUT2D eigenvalue weighted by Crippen LogP contribution is -2.31. The summed E-state index contributed by atoms with van der Waals surface area (Å²) in [5, 5.41) is 0. The number of rotatable bonds is 9. The van der Waals surface area contributed by atoms with Crippen molar-refractivity contribution in [2.24, 2.45) is 0 Å². The summed E-state index contributed by atoms with van der Waals surface area (Å²) < 4.78 is 11.0. The Morgan fingerprint density at radius 3 is 2.67 bits per heavy atom. The minimum atomic E-state index is 0.0780. The SMILES string of the molecule is Cc1ccc(CN(Cc2ccco2)C(=O)CSCc2coc(-c3ccccc3)n2)s1. The van der Waals surface area contributed by atoms with Gasteiger partial charge < -0.3 is 13.7 Å². The molecule has 0 aliphatic rings. The lowest BCUT2D eigenvalue weighted by Gasteiger charge is -2.21. The summed E-state index contributed by atoms with van der Waals surface area (Å²) in [5.74, 6) is 2.46. The van der Waals surface area contributed by atoms with E-state index < -0.39 is 0 Å². The van der Waals surface area contributed by atoms with Crippen LogP contribution in [0.15, 0.2) is 76.0 Å². The zero-order chi connectivity index (χ0) is 20.8. The van der Waals surface area contributed by atoms with Gasteiger partial charge in [0.2, 0.25) is 11.8 Å². The molecule has 7 heteroatoms. The summed E-state index contributed by atoms with van der Waals surface area (Å²) in [4.78, 5) is 21.7. The summed E-state index contributed by atoms with van der Waals surface area (Å²) in [5.41, 5.74) is 1.78. The first kappa shape index (κ1) is 20.5. The van der Waals surface area contributed by atoms with Gasteiger partial charge in [-0.1, -0.05) is 18.2 Å². The van der Waals surface area contributed by atoms with Crippen LogP contribution < -0.4 is 0 Å². The fourth-order valence-corrected chi connectivity index (χ4v) is 4.71. The van der Waals surface area contributed by atoms with Crippen molar-refractivity contribution in [2.75, 3.05) is 5.75 Å². The van der Waals surface area contributed by atoms with Gasteiger partial charge in [-0.2, -0.15) is 0 Å². The van der Waals surface area contributed by atoms with Gasteiger partial charge in [-0.3, -0.25) is 4.79 Å². The van der Waals surface area contributed by atoms with Crippen molar-refractivity contribution in [3.8, 4) is 11.5 Å². The largest absolute Gasteiger partial charge is 0.467 e. The molecule has 0 saturated heterocycles. The lowest BCUT2D eigenvalue weighted by atomic mass is 10.2. The fourth-order valence-electron chi connectivity index (χ4n) is 3.00. The van der Waals surface area contributed by atoms with Crippen molar-refractivity contribution in [3.05, 3.63) is 88.3 Å². The normalized spacial score (nSPS) is 11.0. The van der Waals surface area contributed by atoms with Gasteiger partial charge in [0.05, 0.1) is 30.8 Å². The molecule has 154 valence electrons. The van der Waals surface area contributed by atoms with Gasteiger partial charge in [-0.05, 0) is 43.3 Å². The first-order valence-corrected chi connectivity index (χ1v) is 11.6. The highest BCUT2D eigenvalue weighted by atomic mass is 32.2. The van der Waals surface area contributed by atoms with Crippen LogP contribution >= 0.6 is 23.1 Å². The van der Waals surface area contributed by atoms with Crippen molar-refractivity contribution in [3.63, 3.8) is 0 Å². The van der Waals surface area contributed by atoms with E-state index in [1.165, 1.54) is 21.5 Å². The summed E-state index contributed by atoms with van der Waals surface area (Å²) in [6.07, 6.45) is 3.30. The number of furan rings is 1. The standard InChI is InChI=1S/C23H22N2O3S2/c1-17-9-10-21(30-17)13-25(12-20-8-5-11-27-20)22(26)16-29-15-19-14-28-23(24-19)18-6-3-2-4-7-18/h2-11,14H,12-13,15-16H2,1H3. The van der Waals surface area contributed by atoms with Gasteiger partial charge in [-0.15, -0.1) is 23.1 Å². The third-order valence-electron chi connectivity index (χ3n) is 4.47. The third kappa shape index (κ3) is 5.43. The van der Waals surface area contributed by atoms with Gasteiger partial charge in [0.1, 0.15) is 12.0 Å². The monoisotopic (exact) mass is 438 g/mol. The summed E-state index contributed by atoms with van der Waals surface area (Å²) >= 11 is 3.25. The van der Waals surface area contributed by atoms with Gasteiger partial charge in [0, 0.05) is 21.1 Å². The van der Waals surface area contributed by atoms with Gasteiger partial charge in [-0.25, -0.2) is 4.98 Å². The molecule has 5 nitrogen and oxygen atoms in total. The van der Waals surface area contributed by atoms with Crippen LogP contribution in [0, 0.1) is 6.92 Å². The van der Waals surface area contributed by atoms with E-state index in [0.29, 0.717) is 30.5 Å². The van der Waals surface area contributed by atoms with Crippen LogP contribution in [0.3, 0.4) is 0 Å². The Morgan fingerprint density at radius 1 is 1.07 bits per heavy atom. The maximum absolute atomic E-state index is 12.9. The number of oxazole rings is 1. The molecule has 1 amide bonds. The number of amides is 1. The molecule has 0 aliphatic heterocycles. The number of aromatic nitrogens is 1. The van der Waals surface area contributed by atoms with E-state index in [0.717, 1.165) is 17.0 Å². The number of nitrogens with zero attached hydrogens (tertiary/aromatic N) is 2. The van der Waals surface area contributed by atoms with Gasteiger partial charge in [0.15, 0.2) is 0 Å². The van der Waals surface area contributed by atoms with E-state index >= 15 is 0 Å². The Bertz CT molecular complexity index is 1070. The average Bonchev–Trinajstić information content (AvgIpc) is 3.51. The van der Waals surface area contributed by atoms with Crippen molar-refractivity contribution < 1.29 is 13.6 Å². The molecule has 0 unspecified atom stereocenters. The Hall–Kier alpha value is -2.77. The number of hydrogen-bond acceptors (Lipinski definition) is 6. The molecule has 0 N–H and O–H groups in total. The quantitative estimate of drug-likeness (QED) is 0.332. The Balaban J connectivity index is 1.34. The number of benzene rings is 1. The topological polar surface area (TPSA) is 59.5 Å². The molecule has 3 aromatic heterocycles. The third-order valence-corrected chi connectivity index (χ3v) is 6.41. The van der Waals surface area contributed by atoms with Crippen molar-refractivity contribution >= 4 is 29.0 Å². The van der Waals surface area contributed by atoms with Crippen LogP contribution in [0.1, 0.15) is 21.2 Å². The second-order valence-corrected chi connectivity index (χ2v) is 9.20. The van der Waals surface area contributed by atoms with Crippen molar-refractivity contribution in [2.45, 2.75) is 25.8 Å². The molecule has 30 heavy (non-hydrogen) atoms. The molecule has 0 saturated carbocycles. The lowest BCUT2D eigenvalue weighted by molar-refractivity contribution is -0.129. The Morgan fingerprint density at radius 2 is 1.93 bits per heavy atom. The van der Waals surface area contributed by atoms with E-state index in [2.05, 4.69) is 24.0 Å². The van der Waals surface area contributed by atoms with Gasteiger partial charge >= 0.3 is 0 Å². The highest BCUT2D eigenvalue weighted by Gasteiger charge is 2.17. The predicted molar refractivity (Wildman–Crippen MR) is 120 cm³/mol. The maximum Gasteiger partial charge on any atom is 0.233 e. The molecule has 3 heterocycles. The molecular formula is C23H22N2O3S2. The van der Waals surface area contributed by atoms with Crippen molar-refractivity contribution in [1.82, 2.24) is 9.88 Å². The molecular weight excluding hydrogens is 416 g/mol. The number of hydrogen-bond donors (Lipinski definition) is 0. The van der Waals surface area contributed by atoms with Gasteiger partial charge in [0.25, 0.3) is 0 Å². The molecule has 4 rings (SSSR count). The molecule has 0 radical (unpaired) electrons. The van der Waals surface area contributed by atoms with E-state index in [1.54, 1.807) is 23.9 Å². The molecule has 0 bridgehead atoms. The molecule has 0 spiro atoms. The van der Waals surface area contributed by atoms with Crippen LogP contribution in [0.2, 0.25) is 0 Å². The number of carbonyl (C=O) groups excluding carboxylic acids is 1. The Labute approximate surface area is 183 Å².